The summed E-state index contributed by atoms with van der Waals surface area (Å²) in [6, 6.07) is 7.68. The monoisotopic (exact) mass is 509 g/mol. The topological polar surface area (TPSA) is 96.3 Å². The molecule has 0 bridgehead atoms. The van der Waals surface area contributed by atoms with Gasteiger partial charge in [-0.1, -0.05) is 32.9 Å². The first-order chi connectivity index (χ1) is 16.9. The van der Waals surface area contributed by atoms with Gasteiger partial charge < -0.3 is 20.1 Å². The number of hydrogen-bond acceptors (Lipinski definition) is 5. The average molecular weight is 510 g/mol. The Hall–Kier alpha value is -3.46. The highest BCUT2D eigenvalue weighted by Gasteiger charge is 2.19. The van der Waals surface area contributed by atoms with Gasteiger partial charge in [0.05, 0.1) is 17.8 Å². The number of anilines is 2. The number of benzene rings is 1. The lowest BCUT2D eigenvalue weighted by atomic mass is 10.0. The second kappa shape index (κ2) is 11.1. The van der Waals surface area contributed by atoms with Crippen LogP contribution in [0.25, 0.3) is 11.3 Å². The van der Waals surface area contributed by atoms with Gasteiger partial charge in [0.2, 0.25) is 11.8 Å². The van der Waals surface area contributed by atoms with E-state index in [1.54, 1.807) is 24.2 Å². The maximum atomic E-state index is 12.6. The Morgan fingerprint density at radius 1 is 1.17 bits per heavy atom. The average Bonchev–Trinajstić information content (AvgIpc) is 3.51. The lowest BCUT2D eigenvalue weighted by molar-refractivity contribution is -0.121. The molecule has 2 heterocycles. The number of carbonyl (C=O) groups excluding carboxylic acids is 3. The molecule has 192 valence electrons. The molecule has 0 aliphatic rings. The number of thiazole rings is 1. The Bertz CT molecular complexity index is 1250. The molecule has 0 radical (unpaired) electrons. The highest BCUT2D eigenvalue weighted by molar-refractivity contribution is 7.14. The molecule has 0 unspecified atom stereocenters. The van der Waals surface area contributed by atoms with Crippen LogP contribution in [0.15, 0.2) is 42.0 Å². The molecule has 1 aromatic carbocycles. The van der Waals surface area contributed by atoms with Crippen molar-refractivity contribution in [3.05, 3.63) is 53.2 Å². The van der Waals surface area contributed by atoms with Gasteiger partial charge in [-0.05, 0) is 44.9 Å². The highest BCUT2D eigenvalue weighted by Crippen LogP contribution is 2.31. The first-order valence-corrected chi connectivity index (χ1v) is 12.9. The van der Waals surface area contributed by atoms with Crippen molar-refractivity contribution in [2.75, 3.05) is 23.8 Å². The van der Waals surface area contributed by atoms with Gasteiger partial charge in [0.15, 0.2) is 5.13 Å². The molecule has 0 aliphatic carbocycles. The number of carbonyl (C=O) groups is 3. The van der Waals surface area contributed by atoms with Gasteiger partial charge in [-0.3, -0.25) is 14.4 Å². The van der Waals surface area contributed by atoms with E-state index in [0.717, 1.165) is 23.2 Å². The van der Waals surface area contributed by atoms with Crippen LogP contribution in [-0.4, -0.2) is 40.9 Å². The van der Waals surface area contributed by atoms with Crippen LogP contribution in [-0.2, 0) is 21.5 Å². The van der Waals surface area contributed by atoms with Gasteiger partial charge in [-0.15, -0.1) is 11.3 Å². The quantitative estimate of drug-likeness (QED) is 0.451. The fourth-order valence-corrected chi connectivity index (χ4v) is 4.41. The zero-order chi connectivity index (χ0) is 26.6. The maximum Gasteiger partial charge on any atom is 0.253 e. The van der Waals surface area contributed by atoms with Gasteiger partial charge in [0.1, 0.15) is 0 Å². The molecule has 3 aromatic rings. The van der Waals surface area contributed by atoms with Crippen molar-refractivity contribution in [1.82, 2.24) is 14.9 Å². The predicted molar refractivity (Wildman–Crippen MR) is 146 cm³/mol. The van der Waals surface area contributed by atoms with Crippen molar-refractivity contribution in [2.24, 2.45) is 5.92 Å². The van der Waals surface area contributed by atoms with Gasteiger partial charge in [-0.25, -0.2) is 4.98 Å². The molecule has 9 heteroatoms. The molecule has 8 nitrogen and oxygen atoms in total. The number of nitrogens with one attached hydrogen (secondary N) is 2. The molecule has 0 aliphatic heterocycles. The minimum Gasteiger partial charge on any atom is -0.348 e. The van der Waals surface area contributed by atoms with Crippen molar-refractivity contribution in [1.29, 1.82) is 0 Å². The summed E-state index contributed by atoms with van der Waals surface area (Å²) in [5, 5.41) is 7.70. The molecule has 3 rings (SSSR count). The van der Waals surface area contributed by atoms with E-state index >= 15 is 0 Å². The largest absolute Gasteiger partial charge is 0.348 e. The number of aromatic nitrogens is 2. The molecule has 0 saturated heterocycles. The molecule has 0 atom stereocenters. The molecule has 2 aromatic heterocycles. The summed E-state index contributed by atoms with van der Waals surface area (Å²) in [6.07, 6.45) is 4.42. The smallest absolute Gasteiger partial charge is 0.253 e. The minimum atomic E-state index is -0.358. The van der Waals surface area contributed by atoms with Gasteiger partial charge >= 0.3 is 0 Å². The van der Waals surface area contributed by atoms with E-state index in [9.17, 15) is 14.4 Å². The molecular formula is C27H35N5O3S. The summed E-state index contributed by atoms with van der Waals surface area (Å²) in [5.74, 6) is -0.728. The molecule has 0 spiro atoms. The van der Waals surface area contributed by atoms with E-state index in [-0.39, 0.29) is 35.7 Å². The highest BCUT2D eigenvalue weighted by atomic mass is 32.1. The van der Waals surface area contributed by atoms with Crippen LogP contribution < -0.4 is 15.5 Å². The van der Waals surface area contributed by atoms with E-state index in [1.807, 2.05) is 69.0 Å². The molecule has 0 saturated carbocycles. The summed E-state index contributed by atoms with van der Waals surface area (Å²) in [5.41, 5.74) is 3.87. The van der Waals surface area contributed by atoms with Crippen LogP contribution in [0.2, 0.25) is 0 Å². The normalized spacial score (nSPS) is 11.4. The SMILES string of the molecule is CCc1ccc(-c2csc(NC(=O)CNC(=O)c3ccn(C(C)(C)C)c3)n2)cc1N(C)C(=O)C(C)C. The Labute approximate surface area is 216 Å². The van der Waals surface area contributed by atoms with E-state index in [4.69, 9.17) is 0 Å². The summed E-state index contributed by atoms with van der Waals surface area (Å²) in [4.78, 5) is 43.6. The van der Waals surface area contributed by atoms with E-state index in [2.05, 4.69) is 22.5 Å². The molecular weight excluding hydrogens is 474 g/mol. The van der Waals surface area contributed by atoms with Crippen LogP contribution in [0.4, 0.5) is 10.8 Å². The summed E-state index contributed by atoms with van der Waals surface area (Å²) >= 11 is 1.31. The van der Waals surface area contributed by atoms with Crippen molar-refractivity contribution >= 4 is 39.9 Å². The van der Waals surface area contributed by atoms with E-state index in [0.29, 0.717) is 16.4 Å². The van der Waals surface area contributed by atoms with Gasteiger partial charge in [0, 0.05) is 47.5 Å². The lowest BCUT2D eigenvalue weighted by Gasteiger charge is -2.23. The third-order valence-electron chi connectivity index (χ3n) is 5.84. The van der Waals surface area contributed by atoms with E-state index in [1.165, 1.54) is 11.3 Å². The van der Waals surface area contributed by atoms with Crippen molar-refractivity contribution < 1.29 is 14.4 Å². The summed E-state index contributed by atoms with van der Waals surface area (Å²) in [6.45, 7) is 11.8. The Morgan fingerprint density at radius 3 is 2.50 bits per heavy atom. The molecule has 2 N–H and O–H groups in total. The number of hydrogen-bond donors (Lipinski definition) is 2. The van der Waals surface area contributed by atoms with Crippen LogP contribution in [0.3, 0.4) is 0 Å². The fourth-order valence-electron chi connectivity index (χ4n) is 3.68. The van der Waals surface area contributed by atoms with E-state index < -0.39 is 0 Å². The van der Waals surface area contributed by atoms with Crippen LogP contribution in [0.1, 0.15) is 57.5 Å². The fraction of sp³-hybridized carbons (Fsp3) is 0.407. The molecule has 36 heavy (non-hydrogen) atoms. The predicted octanol–water partition coefficient (Wildman–Crippen LogP) is 4.92. The standard InChI is InChI=1S/C27H35N5O3S/c1-8-18-9-10-19(13-22(18)31(7)25(35)17(2)3)21-16-36-26(29-21)30-23(33)14-28-24(34)20-11-12-32(15-20)27(4,5)6/h9-13,15-17H,8,14H2,1-7H3,(H,28,34)(H,29,30,33). The maximum absolute atomic E-state index is 12.6. The van der Waals surface area contributed by atoms with Crippen LogP contribution in [0, 0.1) is 5.92 Å². The Kier molecular flexibility index (Phi) is 8.35. The van der Waals surface area contributed by atoms with Crippen molar-refractivity contribution in [2.45, 2.75) is 53.5 Å². The summed E-state index contributed by atoms with van der Waals surface area (Å²) < 4.78 is 1.95. The van der Waals surface area contributed by atoms with Crippen LogP contribution >= 0.6 is 11.3 Å². The molecule has 0 fully saturated rings. The number of aryl methyl sites for hydroxylation is 1. The zero-order valence-corrected chi connectivity index (χ0v) is 22.8. The second-order valence-corrected chi connectivity index (χ2v) is 10.9. The minimum absolute atomic E-state index is 0.0464. The summed E-state index contributed by atoms with van der Waals surface area (Å²) in [7, 11) is 1.79. The zero-order valence-electron chi connectivity index (χ0n) is 22.0. The molecule has 3 amide bonds. The first-order valence-electron chi connectivity index (χ1n) is 12.0. The lowest BCUT2D eigenvalue weighted by Crippen LogP contribution is -2.32. The third-order valence-corrected chi connectivity index (χ3v) is 6.60. The Morgan fingerprint density at radius 2 is 1.89 bits per heavy atom. The number of nitrogens with zero attached hydrogens (tertiary/aromatic N) is 3. The second-order valence-electron chi connectivity index (χ2n) is 10.00. The first kappa shape index (κ1) is 27.1. The van der Waals surface area contributed by atoms with Crippen molar-refractivity contribution in [3.8, 4) is 11.3 Å². The van der Waals surface area contributed by atoms with Crippen LogP contribution in [0.5, 0.6) is 0 Å². The Balaban J connectivity index is 1.65. The number of rotatable bonds is 8. The van der Waals surface area contributed by atoms with Gasteiger partial charge in [0.25, 0.3) is 5.91 Å². The van der Waals surface area contributed by atoms with Gasteiger partial charge in [-0.2, -0.15) is 0 Å². The van der Waals surface area contributed by atoms with Crippen molar-refractivity contribution in [3.63, 3.8) is 0 Å². The third kappa shape index (κ3) is 6.40. The number of amides is 3.